The van der Waals surface area contributed by atoms with E-state index in [-0.39, 0.29) is 17.8 Å². The number of aromatic amines is 1. The molecule has 7 heteroatoms. The van der Waals surface area contributed by atoms with E-state index in [9.17, 15) is 14.3 Å². The van der Waals surface area contributed by atoms with Gasteiger partial charge in [-0.25, -0.2) is 4.39 Å². The fourth-order valence-corrected chi connectivity index (χ4v) is 4.77. The van der Waals surface area contributed by atoms with Gasteiger partial charge in [-0.2, -0.15) is 5.10 Å². The molecule has 0 radical (unpaired) electrons. The first-order chi connectivity index (χ1) is 16.6. The summed E-state index contributed by atoms with van der Waals surface area (Å²) in [4.78, 5) is 18.5. The van der Waals surface area contributed by atoms with Gasteiger partial charge in [0.25, 0.3) is 0 Å². The number of aliphatic carboxylic acids is 1. The molecule has 2 N–H and O–H groups in total. The number of piperidine rings is 1. The van der Waals surface area contributed by atoms with Gasteiger partial charge in [-0.1, -0.05) is 48.5 Å². The highest BCUT2D eigenvalue weighted by Crippen LogP contribution is 2.37. The molecule has 6 nitrogen and oxygen atoms in total. The van der Waals surface area contributed by atoms with E-state index in [1.165, 1.54) is 6.07 Å². The lowest BCUT2D eigenvalue weighted by Gasteiger charge is -2.36. The molecule has 0 amide bonds. The van der Waals surface area contributed by atoms with Gasteiger partial charge in [-0.15, -0.1) is 0 Å². The van der Waals surface area contributed by atoms with Gasteiger partial charge in [-0.05, 0) is 43.6 Å². The molecule has 2 aromatic heterocycles. The Morgan fingerprint density at radius 3 is 2.41 bits per heavy atom. The topological polar surface area (TPSA) is 82.1 Å². The molecular weight excluding hydrogens is 431 g/mol. The molecule has 0 saturated carbocycles. The Kier molecular flexibility index (Phi) is 6.18. The van der Waals surface area contributed by atoms with Crippen LogP contribution >= 0.6 is 0 Å². The summed E-state index contributed by atoms with van der Waals surface area (Å²) in [6, 6.07) is 18.3. The van der Waals surface area contributed by atoms with Crippen LogP contribution in [0.25, 0.3) is 22.4 Å². The van der Waals surface area contributed by atoms with E-state index in [1.807, 2.05) is 54.9 Å². The predicted octanol–water partition coefficient (Wildman–Crippen LogP) is 5.16. The van der Waals surface area contributed by atoms with Crippen LogP contribution in [0.5, 0.6) is 0 Å². The zero-order valence-electron chi connectivity index (χ0n) is 18.6. The fourth-order valence-electron chi connectivity index (χ4n) is 4.77. The van der Waals surface area contributed by atoms with Crippen molar-refractivity contribution in [3.63, 3.8) is 0 Å². The van der Waals surface area contributed by atoms with Crippen molar-refractivity contribution in [2.75, 3.05) is 13.1 Å². The predicted molar refractivity (Wildman–Crippen MR) is 127 cm³/mol. The molecule has 5 rings (SSSR count). The van der Waals surface area contributed by atoms with Crippen LogP contribution in [0.1, 0.15) is 30.0 Å². The van der Waals surface area contributed by atoms with Crippen molar-refractivity contribution in [1.29, 1.82) is 0 Å². The Morgan fingerprint density at radius 2 is 1.74 bits per heavy atom. The van der Waals surface area contributed by atoms with E-state index in [0.717, 1.165) is 22.3 Å². The lowest BCUT2D eigenvalue weighted by Crippen LogP contribution is -2.39. The Labute approximate surface area is 197 Å². The number of halogens is 1. The van der Waals surface area contributed by atoms with Crippen LogP contribution in [0.3, 0.4) is 0 Å². The molecule has 1 unspecified atom stereocenters. The summed E-state index contributed by atoms with van der Waals surface area (Å²) in [5.74, 6) is -1.37. The van der Waals surface area contributed by atoms with Crippen molar-refractivity contribution in [3.8, 4) is 22.4 Å². The second kappa shape index (κ2) is 9.57. The first kappa shape index (κ1) is 22.0. The summed E-state index contributed by atoms with van der Waals surface area (Å²) < 4.78 is 14.9. The van der Waals surface area contributed by atoms with Crippen LogP contribution in [0.4, 0.5) is 4.39 Å². The average molecular weight is 457 g/mol. The Bertz CT molecular complexity index is 1270. The molecule has 1 aliphatic rings. The number of nitrogens with zero attached hydrogens (tertiary/aromatic N) is 3. The Hall–Kier alpha value is -3.84. The smallest absolute Gasteiger partial charge is 0.306 e. The molecule has 1 aliphatic heterocycles. The van der Waals surface area contributed by atoms with Gasteiger partial charge >= 0.3 is 5.97 Å². The molecule has 4 aromatic rings. The highest BCUT2D eigenvalue weighted by atomic mass is 19.1. The number of likely N-dealkylation sites (tertiary alicyclic amines) is 1. The maximum absolute atomic E-state index is 14.9. The number of benzene rings is 2. The van der Waals surface area contributed by atoms with Crippen molar-refractivity contribution in [2.45, 2.75) is 18.9 Å². The lowest BCUT2D eigenvalue weighted by atomic mass is 9.91. The first-order valence-corrected chi connectivity index (χ1v) is 11.4. The van der Waals surface area contributed by atoms with Crippen molar-refractivity contribution >= 4 is 5.97 Å². The molecule has 1 saturated heterocycles. The van der Waals surface area contributed by atoms with Gasteiger partial charge in [0.05, 0.1) is 23.9 Å². The molecule has 0 bridgehead atoms. The maximum atomic E-state index is 14.9. The standard InChI is InChI=1S/C27H25FN4O2/c28-24-9-5-4-8-22(24)23-14-20(15-29-25(23)18-6-2-1-3-7-18)26(21-16-30-31-17-21)32-12-10-19(11-13-32)27(33)34/h1-9,14-17,19,26H,10-13H2,(H,30,31)(H,33,34). The number of nitrogens with one attached hydrogen (secondary N) is 1. The highest BCUT2D eigenvalue weighted by Gasteiger charge is 2.31. The number of H-pyrrole nitrogens is 1. The second-order valence-electron chi connectivity index (χ2n) is 8.59. The minimum atomic E-state index is -0.741. The Morgan fingerprint density at radius 1 is 1.00 bits per heavy atom. The normalized spacial score (nSPS) is 15.8. The van der Waals surface area contributed by atoms with E-state index in [4.69, 9.17) is 4.98 Å². The van der Waals surface area contributed by atoms with Gasteiger partial charge in [0.2, 0.25) is 0 Å². The minimum absolute atomic E-state index is 0.170. The summed E-state index contributed by atoms with van der Waals surface area (Å²) in [6.45, 7) is 1.28. The van der Waals surface area contributed by atoms with Crippen LogP contribution in [0.2, 0.25) is 0 Å². The molecule has 2 aromatic carbocycles. The highest BCUT2D eigenvalue weighted by molar-refractivity contribution is 5.81. The number of carboxylic acid groups (broad SMARTS) is 1. The average Bonchev–Trinajstić information content (AvgIpc) is 3.40. The third kappa shape index (κ3) is 4.34. The summed E-state index contributed by atoms with van der Waals surface area (Å²) in [5, 5.41) is 16.4. The summed E-state index contributed by atoms with van der Waals surface area (Å²) >= 11 is 0. The fraction of sp³-hybridized carbons (Fsp3) is 0.222. The van der Waals surface area contributed by atoms with E-state index in [2.05, 4.69) is 15.1 Å². The van der Waals surface area contributed by atoms with Gasteiger partial charge in [0.1, 0.15) is 5.82 Å². The van der Waals surface area contributed by atoms with Crippen LogP contribution in [-0.4, -0.2) is 44.2 Å². The maximum Gasteiger partial charge on any atom is 0.306 e. The third-order valence-electron chi connectivity index (χ3n) is 6.51. The van der Waals surface area contributed by atoms with Crippen LogP contribution in [0.15, 0.2) is 79.3 Å². The number of aromatic nitrogens is 3. The van der Waals surface area contributed by atoms with Crippen molar-refractivity contribution < 1.29 is 14.3 Å². The molecular formula is C27H25FN4O2. The summed E-state index contributed by atoms with van der Waals surface area (Å²) in [5.41, 5.74) is 4.71. The van der Waals surface area contributed by atoms with Gasteiger partial charge < -0.3 is 5.11 Å². The first-order valence-electron chi connectivity index (χ1n) is 11.4. The monoisotopic (exact) mass is 456 g/mol. The quantitative estimate of drug-likeness (QED) is 0.419. The summed E-state index contributed by atoms with van der Waals surface area (Å²) in [7, 11) is 0. The van der Waals surface area contributed by atoms with Crippen molar-refractivity contribution in [2.24, 2.45) is 5.92 Å². The van der Waals surface area contributed by atoms with E-state index < -0.39 is 5.97 Å². The number of carbonyl (C=O) groups is 1. The number of rotatable bonds is 6. The zero-order valence-corrected chi connectivity index (χ0v) is 18.6. The van der Waals surface area contributed by atoms with Crippen molar-refractivity contribution in [3.05, 3.63) is 96.2 Å². The van der Waals surface area contributed by atoms with Crippen LogP contribution in [0, 0.1) is 11.7 Å². The molecule has 0 spiro atoms. The van der Waals surface area contributed by atoms with Gasteiger partial charge in [0.15, 0.2) is 0 Å². The molecule has 0 aliphatic carbocycles. The van der Waals surface area contributed by atoms with E-state index >= 15 is 0 Å². The minimum Gasteiger partial charge on any atom is -0.481 e. The lowest BCUT2D eigenvalue weighted by molar-refractivity contribution is -0.143. The Balaban J connectivity index is 1.61. The SMILES string of the molecule is O=C(O)C1CCN(C(c2cn[nH]c2)c2cnc(-c3ccccc3)c(-c3ccccc3F)c2)CC1. The van der Waals surface area contributed by atoms with Crippen molar-refractivity contribution in [1.82, 2.24) is 20.1 Å². The molecule has 3 heterocycles. The third-order valence-corrected chi connectivity index (χ3v) is 6.51. The van der Waals surface area contributed by atoms with Crippen LogP contribution in [-0.2, 0) is 4.79 Å². The summed E-state index contributed by atoms with van der Waals surface area (Å²) in [6.07, 6.45) is 6.63. The van der Waals surface area contributed by atoms with Crippen LogP contribution < -0.4 is 0 Å². The number of hydrogen-bond acceptors (Lipinski definition) is 4. The molecule has 1 atom stereocenters. The molecule has 34 heavy (non-hydrogen) atoms. The zero-order chi connectivity index (χ0) is 23.5. The largest absolute Gasteiger partial charge is 0.481 e. The molecule has 172 valence electrons. The van der Waals surface area contributed by atoms with Gasteiger partial charge in [0, 0.05) is 34.6 Å². The number of pyridine rings is 1. The number of carboxylic acids is 1. The second-order valence-corrected chi connectivity index (χ2v) is 8.59. The van der Waals surface area contributed by atoms with E-state index in [1.54, 1.807) is 18.3 Å². The molecule has 1 fully saturated rings. The van der Waals surface area contributed by atoms with Gasteiger partial charge in [-0.3, -0.25) is 19.8 Å². The number of hydrogen-bond donors (Lipinski definition) is 2. The van der Waals surface area contributed by atoms with E-state index in [0.29, 0.717) is 37.2 Å².